The molecule has 1 aromatic rings. The van der Waals surface area contributed by atoms with Gasteiger partial charge in [-0.25, -0.2) is 0 Å². The van der Waals surface area contributed by atoms with Gasteiger partial charge in [-0.05, 0) is 17.7 Å². The average molecular weight is 269 g/mol. The minimum Gasteiger partial charge on any atom is -0.391 e. The summed E-state index contributed by atoms with van der Waals surface area (Å²) in [4.78, 5) is 11.7. The van der Waals surface area contributed by atoms with Gasteiger partial charge in [-0.2, -0.15) is 0 Å². The van der Waals surface area contributed by atoms with Crippen molar-refractivity contribution in [2.45, 2.75) is 12.5 Å². The van der Waals surface area contributed by atoms with Gasteiger partial charge in [-0.15, -0.1) is 0 Å². The number of rotatable bonds is 4. The lowest BCUT2D eigenvalue weighted by Crippen LogP contribution is -2.35. The molecule has 5 heteroatoms. The Labute approximate surface area is 111 Å². The lowest BCUT2D eigenvalue weighted by Gasteiger charge is -2.14. The number of benzene rings is 1. The van der Waals surface area contributed by atoms with Crippen molar-refractivity contribution in [3.8, 4) is 0 Å². The third-order valence-electron chi connectivity index (χ3n) is 3.14. The molecular weight excluding hydrogens is 252 g/mol. The van der Waals surface area contributed by atoms with Gasteiger partial charge in [0.25, 0.3) is 0 Å². The molecule has 1 saturated heterocycles. The molecule has 0 aliphatic carbocycles. The number of carbonyl (C=O) groups excluding carboxylic acids is 1. The third kappa shape index (κ3) is 3.70. The van der Waals surface area contributed by atoms with Crippen molar-refractivity contribution in [3.63, 3.8) is 0 Å². The second-order valence-corrected chi connectivity index (χ2v) is 5.03. The summed E-state index contributed by atoms with van der Waals surface area (Å²) in [7, 11) is 0. The highest BCUT2D eigenvalue weighted by Gasteiger charge is 2.24. The molecular formula is C13H17ClN2O2. The van der Waals surface area contributed by atoms with Crippen molar-refractivity contribution in [1.29, 1.82) is 0 Å². The smallest absolute Gasteiger partial charge is 0.224 e. The van der Waals surface area contributed by atoms with E-state index in [0.717, 1.165) is 12.1 Å². The van der Waals surface area contributed by atoms with Crippen LogP contribution in [0.4, 0.5) is 0 Å². The fraction of sp³-hybridized carbons (Fsp3) is 0.462. The van der Waals surface area contributed by atoms with E-state index in [2.05, 4.69) is 10.6 Å². The first-order valence-corrected chi connectivity index (χ1v) is 6.43. The Hall–Kier alpha value is -1.10. The number of hydrogen-bond donors (Lipinski definition) is 3. The standard InChI is InChI=1S/C13H17ClN2O2/c14-11-3-1-9(2-4-11)5-13(18)16-7-10-6-15-8-12(10)17/h1-4,10,12,15,17H,5-8H2,(H,16,18). The molecule has 1 aliphatic heterocycles. The summed E-state index contributed by atoms with van der Waals surface area (Å²) in [5, 5.41) is 16.2. The summed E-state index contributed by atoms with van der Waals surface area (Å²) in [5.74, 6) is 0.0793. The molecule has 1 amide bonds. The van der Waals surface area contributed by atoms with Crippen LogP contribution in [-0.4, -0.2) is 36.8 Å². The predicted molar refractivity (Wildman–Crippen MR) is 70.5 cm³/mol. The lowest BCUT2D eigenvalue weighted by molar-refractivity contribution is -0.120. The Morgan fingerprint density at radius 2 is 2.11 bits per heavy atom. The summed E-state index contributed by atoms with van der Waals surface area (Å²) < 4.78 is 0. The third-order valence-corrected chi connectivity index (χ3v) is 3.40. The van der Waals surface area contributed by atoms with E-state index in [0.29, 0.717) is 24.5 Å². The first kappa shape index (κ1) is 13.3. The molecule has 0 spiro atoms. The largest absolute Gasteiger partial charge is 0.391 e. The van der Waals surface area contributed by atoms with Gasteiger partial charge in [0.1, 0.15) is 0 Å². The molecule has 2 rings (SSSR count). The van der Waals surface area contributed by atoms with E-state index in [1.54, 1.807) is 12.1 Å². The second kappa shape index (κ2) is 6.18. The Kier molecular flexibility index (Phi) is 4.58. The highest BCUT2D eigenvalue weighted by molar-refractivity contribution is 6.30. The van der Waals surface area contributed by atoms with Crippen LogP contribution in [0.3, 0.4) is 0 Å². The topological polar surface area (TPSA) is 61.4 Å². The molecule has 1 aliphatic rings. The van der Waals surface area contributed by atoms with Crippen molar-refractivity contribution in [1.82, 2.24) is 10.6 Å². The maximum Gasteiger partial charge on any atom is 0.224 e. The summed E-state index contributed by atoms with van der Waals surface area (Å²) in [6, 6.07) is 7.23. The monoisotopic (exact) mass is 268 g/mol. The van der Waals surface area contributed by atoms with Crippen LogP contribution in [0.1, 0.15) is 5.56 Å². The predicted octanol–water partition coefficient (Wildman–Crippen LogP) is 0.579. The van der Waals surface area contributed by atoms with Crippen molar-refractivity contribution in [2.75, 3.05) is 19.6 Å². The molecule has 0 saturated carbocycles. The Morgan fingerprint density at radius 1 is 1.39 bits per heavy atom. The highest BCUT2D eigenvalue weighted by atomic mass is 35.5. The summed E-state index contributed by atoms with van der Waals surface area (Å²) >= 11 is 5.78. The molecule has 98 valence electrons. The molecule has 2 unspecified atom stereocenters. The molecule has 0 aromatic heterocycles. The van der Waals surface area contributed by atoms with Crippen LogP contribution < -0.4 is 10.6 Å². The zero-order valence-electron chi connectivity index (χ0n) is 10.0. The number of carbonyl (C=O) groups is 1. The normalized spacial score (nSPS) is 23.0. The van der Waals surface area contributed by atoms with E-state index < -0.39 is 0 Å². The van der Waals surface area contributed by atoms with Crippen molar-refractivity contribution < 1.29 is 9.90 Å². The van der Waals surface area contributed by atoms with E-state index in [1.165, 1.54) is 0 Å². The number of halogens is 1. The molecule has 0 radical (unpaired) electrons. The van der Waals surface area contributed by atoms with Crippen LogP contribution in [0.2, 0.25) is 5.02 Å². The summed E-state index contributed by atoms with van der Waals surface area (Å²) in [6.07, 6.45) is -0.0197. The Morgan fingerprint density at radius 3 is 2.72 bits per heavy atom. The van der Waals surface area contributed by atoms with E-state index >= 15 is 0 Å². The van der Waals surface area contributed by atoms with Crippen LogP contribution in [-0.2, 0) is 11.2 Å². The Bertz CT molecular complexity index is 408. The molecule has 4 nitrogen and oxygen atoms in total. The maximum atomic E-state index is 11.7. The van der Waals surface area contributed by atoms with Crippen LogP contribution in [0.15, 0.2) is 24.3 Å². The van der Waals surface area contributed by atoms with Gasteiger partial charge >= 0.3 is 0 Å². The minimum atomic E-state index is -0.360. The van der Waals surface area contributed by atoms with Gasteiger partial charge in [0.15, 0.2) is 0 Å². The zero-order valence-corrected chi connectivity index (χ0v) is 10.8. The minimum absolute atomic E-state index is 0.0311. The van der Waals surface area contributed by atoms with Crippen LogP contribution >= 0.6 is 11.6 Å². The fourth-order valence-corrected chi connectivity index (χ4v) is 2.15. The SMILES string of the molecule is O=C(Cc1ccc(Cl)cc1)NCC1CNCC1O. The fourth-order valence-electron chi connectivity index (χ4n) is 2.02. The van der Waals surface area contributed by atoms with E-state index in [1.807, 2.05) is 12.1 Å². The van der Waals surface area contributed by atoms with Gasteiger partial charge in [0.05, 0.1) is 12.5 Å². The quantitative estimate of drug-likeness (QED) is 0.749. The number of β-amino-alcohol motifs (C(OH)–C–C–N with tert-alkyl or cyclic N) is 1. The molecule has 1 aromatic carbocycles. The number of aliphatic hydroxyl groups is 1. The molecule has 18 heavy (non-hydrogen) atoms. The lowest BCUT2D eigenvalue weighted by atomic mass is 10.1. The van der Waals surface area contributed by atoms with Gasteiger partial charge < -0.3 is 15.7 Å². The second-order valence-electron chi connectivity index (χ2n) is 4.59. The van der Waals surface area contributed by atoms with Crippen molar-refractivity contribution >= 4 is 17.5 Å². The number of aliphatic hydroxyl groups excluding tert-OH is 1. The summed E-state index contributed by atoms with van der Waals surface area (Å²) in [5.41, 5.74) is 0.932. The van der Waals surface area contributed by atoms with Crippen LogP contribution in [0.5, 0.6) is 0 Å². The number of amides is 1. The molecule has 3 N–H and O–H groups in total. The van der Waals surface area contributed by atoms with Gasteiger partial charge in [0.2, 0.25) is 5.91 Å². The van der Waals surface area contributed by atoms with E-state index in [-0.39, 0.29) is 17.9 Å². The number of hydrogen-bond acceptors (Lipinski definition) is 3. The van der Waals surface area contributed by atoms with Gasteiger partial charge in [-0.1, -0.05) is 23.7 Å². The van der Waals surface area contributed by atoms with Gasteiger partial charge in [0, 0.05) is 30.6 Å². The maximum absolute atomic E-state index is 11.7. The van der Waals surface area contributed by atoms with E-state index in [9.17, 15) is 9.90 Å². The zero-order chi connectivity index (χ0) is 13.0. The average Bonchev–Trinajstić information content (AvgIpc) is 2.75. The van der Waals surface area contributed by atoms with Gasteiger partial charge in [-0.3, -0.25) is 4.79 Å². The number of nitrogens with one attached hydrogen (secondary N) is 2. The molecule has 0 bridgehead atoms. The Balaban J connectivity index is 1.76. The molecule has 2 atom stereocenters. The highest BCUT2D eigenvalue weighted by Crippen LogP contribution is 2.10. The van der Waals surface area contributed by atoms with Crippen LogP contribution in [0, 0.1) is 5.92 Å². The van der Waals surface area contributed by atoms with Crippen molar-refractivity contribution in [3.05, 3.63) is 34.9 Å². The first-order chi connectivity index (χ1) is 8.65. The summed E-state index contributed by atoms with van der Waals surface area (Å²) in [6.45, 7) is 1.88. The van der Waals surface area contributed by atoms with Crippen molar-refractivity contribution in [2.24, 2.45) is 5.92 Å². The van der Waals surface area contributed by atoms with E-state index in [4.69, 9.17) is 11.6 Å². The molecule has 1 heterocycles. The molecule has 1 fully saturated rings. The first-order valence-electron chi connectivity index (χ1n) is 6.05. The van der Waals surface area contributed by atoms with Crippen LogP contribution in [0.25, 0.3) is 0 Å².